The molecule has 25 heteroatoms. The van der Waals surface area contributed by atoms with Gasteiger partial charge < -0.3 is 4.98 Å². The van der Waals surface area contributed by atoms with Crippen molar-refractivity contribution >= 4 is 46.4 Å². The molecule has 5 heterocycles. The fraction of sp³-hybridized carbons (Fsp3) is 0.310. The van der Waals surface area contributed by atoms with Gasteiger partial charge >= 0.3 is 54.2 Å². The molecular formula is C29H11F21N4. The molecule has 0 fully saturated rings. The Morgan fingerprint density at radius 2 is 0.704 bits per heavy atom. The summed E-state index contributed by atoms with van der Waals surface area (Å²) >= 11 is 0. The SMILES string of the molecule is FC(F)(F)C(F)(F)C(F)(F)c1c(C(F)(F)C(F)(F)C(F)(F)F)c2cc3nc(cc4ccc(cc5nc(cc1n2C(F)(F)C(F)(F)C(F)(F)F)C=C5)[nH]4)C=C3. The Labute approximate surface area is 283 Å². The van der Waals surface area contributed by atoms with Gasteiger partial charge in [0.15, 0.2) is 0 Å². The average molecular weight is 814 g/mol. The molecule has 0 spiro atoms. The van der Waals surface area contributed by atoms with Crippen molar-refractivity contribution in [2.24, 2.45) is 0 Å². The van der Waals surface area contributed by atoms with Gasteiger partial charge in [-0.25, -0.2) is 9.97 Å². The van der Waals surface area contributed by atoms with Gasteiger partial charge in [-0.1, -0.05) is 0 Å². The van der Waals surface area contributed by atoms with Gasteiger partial charge in [-0.3, -0.25) is 4.57 Å². The first kappa shape index (κ1) is 40.3. The third kappa shape index (κ3) is 5.92. The van der Waals surface area contributed by atoms with Crippen molar-refractivity contribution in [2.45, 2.75) is 54.2 Å². The van der Waals surface area contributed by atoms with Crippen molar-refractivity contribution in [2.75, 3.05) is 0 Å². The van der Waals surface area contributed by atoms with Crippen molar-refractivity contribution in [3.8, 4) is 0 Å². The number of alkyl halides is 21. The molecule has 0 atom stereocenters. The largest absolute Gasteiger partial charge is 0.462 e. The van der Waals surface area contributed by atoms with E-state index in [0.717, 1.165) is 12.1 Å². The first-order valence-corrected chi connectivity index (χ1v) is 13.8. The molecule has 0 aliphatic carbocycles. The molecule has 0 unspecified atom stereocenters. The monoisotopic (exact) mass is 814 g/mol. The van der Waals surface area contributed by atoms with Crippen LogP contribution in [0.15, 0.2) is 36.4 Å². The number of aromatic amines is 1. The van der Waals surface area contributed by atoms with Gasteiger partial charge in [0.2, 0.25) is 0 Å². The van der Waals surface area contributed by atoms with E-state index in [0.29, 0.717) is 24.3 Å². The number of rotatable bonds is 6. The molecule has 1 N–H and O–H groups in total. The van der Waals surface area contributed by atoms with Gasteiger partial charge in [-0.15, -0.1) is 0 Å². The summed E-state index contributed by atoms with van der Waals surface area (Å²) in [7, 11) is 0. The second-order valence-electron chi connectivity index (χ2n) is 11.3. The van der Waals surface area contributed by atoms with E-state index in [1.165, 1.54) is 12.1 Å². The highest BCUT2D eigenvalue weighted by atomic mass is 19.4. The third-order valence-electron chi connectivity index (χ3n) is 7.66. The summed E-state index contributed by atoms with van der Waals surface area (Å²) in [5.41, 5.74) is -19.1. The van der Waals surface area contributed by atoms with Gasteiger partial charge in [-0.2, -0.15) is 92.2 Å². The molecule has 0 amide bonds. The maximum atomic E-state index is 15.8. The summed E-state index contributed by atoms with van der Waals surface area (Å²) < 4.78 is 301. The fourth-order valence-electron chi connectivity index (χ4n) is 5.11. The zero-order chi connectivity index (χ0) is 41.0. The number of halogens is 21. The average Bonchev–Trinajstić information content (AvgIpc) is 3.79. The Kier molecular flexibility index (Phi) is 8.82. The summed E-state index contributed by atoms with van der Waals surface area (Å²) in [5.74, 6) is -39.3. The number of nitrogens with one attached hydrogen (secondary N) is 1. The molecule has 3 aromatic rings. The number of hydrogen-bond donors (Lipinski definition) is 1. The number of nitrogens with zero attached hydrogens (tertiary/aromatic N) is 3. The van der Waals surface area contributed by atoms with Gasteiger partial charge in [0.05, 0.1) is 44.9 Å². The number of fused-ring (bicyclic) bond motifs is 8. The molecule has 54 heavy (non-hydrogen) atoms. The molecule has 4 nitrogen and oxygen atoms in total. The maximum absolute atomic E-state index is 15.8. The molecule has 294 valence electrons. The van der Waals surface area contributed by atoms with Crippen molar-refractivity contribution in [1.82, 2.24) is 19.5 Å². The van der Waals surface area contributed by atoms with E-state index in [-0.39, 0.29) is 11.0 Å². The number of hydrogen-bond acceptors (Lipinski definition) is 2. The summed E-state index contributed by atoms with van der Waals surface area (Å²) in [4.78, 5) is 9.62. The summed E-state index contributed by atoms with van der Waals surface area (Å²) in [6, 6.07) is -4.63. The molecule has 8 bridgehead atoms. The van der Waals surface area contributed by atoms with Gasteiger partial charge in [0.1, 0.15) is 0 Å². The van der Waals surface area contributed by atoms with Crippen LogP contribution in [-0.4, -0.2) is 55.8 Å². The zero-order valence-electron chi connectivity index (χ0n) is 25.1. The molecule has 2 aliphatic rings. The van der Waals surface area contributed by atoms with Crippen LogP contribution in [0.3, 0.4) is 0 Å². The molecule has 0 saturated carbocycles. The lowest BCUT2D eigenvalue weighted by atomic mass is 9.91. The zero-order valence-corrected chi connectivity index (χ0v) is 25.1. The smallest absolute Gasteiger partial charge is 0.355 e. The van der Waals surface area contributed by atoms with Crippen LogP contribution in [0.2, 0.25) is 0 Å². The second kappa shape index (κ2) is 11.8. The predicted molar refractivity (Wildman–Crippen MR) is 143 cm³/mol. The minimum Gasteiger partial charge on any atom is -0.355 e. The summed E-state index contributed by atoms with van der Waals surface area (Å²) in [6.07, 6.45) is -21.0. The van der Waals surface area contributed by atoms with Crippen LogP contribution in [0, 0.1) is 0 Å². The number of aromatic nitrogens is 4. The van der Waals surface area contributed by atoms with Crippen molar-refractivity contribution in [3.05, 3.63) is 70.3 Å². The van der Waals surface area contributed by atoms with E-state index in [1.54, 1.807) is 0 Å². The van der Waals surface area contributed by atoms with Crippen LogP contribution in [0.25, 0.3) is 46.4 Å². The highest BCUT2D eigenvalue weighted by Crippen LogP contribution is 2.62. The highest BCUT2D eigenvalue weighted by Gasteiger charge is 2.80. The minimum atomic E-state index is -7.96. The van der Waals surface area contributed by atoms with Crippen LogP contribution < -0.4 is 0 Å². The molecule has 0 radical (unpaired) electrons. The lowest BCUT2D eigenvalue weighted by Gasteiger charge is -2.32. The molecule has 0 saturated heterocycles. The van der Waals surface area contributed by atoms with E-state index in [1.807, 2.05) is 0 Å². The lowest BCUT2D eigenvalue weighted by molar-refractivity contribution is -0.378. The molecular weight excluding hydrogens is 803 g/mol. The lowest BCUT2D eigenvalue weighted by Crippen LogP contribution is -2.53. The second-order valence-corrected chi connectivity index (χ2v) is 11.3. The van der Waals surface area contributed by atoms with Crippen molar-refractivity contribution in [3.63, 3.8) is 0 Å². The normalized spacial score (nSPS) is 15.4. The summed E-state index contributed by atoms with van der Waals surface area (Å²) in [5, 5.41) is 0. The third-order valence-corrected chi connectivity index (χ3v) is 7.66. The molecule has 0 aromatic carbocycles. The van der Waals surface area contributed by atoms with E-state index < -0.39 is 116 Å². The van der Waals surface area contributed by atoms with E-state index in [4.69, 9.17) is 0 Å². The Hall–Kier alpha value is -4.87. The van der Waals surface area contributed by atoms with Crippen LogP contribution in [0.1, 0.15) is 33.9 Å². The Balaban J connectivity index is 2.25. The van der Waals surface area contributed by atoms with Gasteiger partial charge in [0, 0.05) is 11.0 Å². The van der Waals surface area contributed by atoms with Crippen molar-refractivity contribution < 1.29 is 92.2 Å². The molecule has 3 aromatic heterocycles. The maximum Gasteiger partial charge on any atom is 0.462 e. The van der Waals surface area contributed by atoms with Gasteiger partial charge in [-0.05, 0) is 60.7 Å². The molecule has 2 aliphatic heterocycles. The van der Waals surface area contributed by atoms with E-state index in [9.17, 15) is 65.9 Å². The number of H-pyrrole nitrogens is 1. The van der Waals surface area contributed by atoms with Gasteiger partial charge in [0.25, 0.3) is 0 Å². The minimum absolute atomic E-state index is 0.0479. The Bertz CT molecular complexity index is 2080. The predicted octanol–water partition coefficient (Wildman–Crippen LogP) is 11.5. The van der Waals surface area contributed by atoms with E-state index >= 15 is 26.3 Å². The highest BCUT2D eigenvalue weighted by molar-refractivity contribution is 5.83. The van der Waals surface area contributed by atoms with E-state index in [2.05, 4.69) is 15.0 Å². The summed E-state index contributed by atoms with van der Waals surface area (Å²) in [6.45, 7) is 0. The molecule has 5 rings (SSSR count). The Morgan fingerprint density at radius 1 is 0.407 bits per heavy atom. The Morgan fingerprint density at radius 3 is 1.00 bits per heavy atom. The topological polar surface area (TPSA) is 46.5 Å². The van der Waals surface area contributed by atoms with Crippen LogP contribution in [0.4, 0.5) is 92.2 Å². The first-order chi connectivity index (χ1) is 24.2. The van der Waals surface area contributed by atoms with Crippen LogP contribution in [0.5, 0.6) is 0 Å². The quantitative estimate of drug-likeness (QED) is 0.174. The standard InChI is InChI=1S/C29H11F21N4/c30-21(31,23(34,35)26(40,41)42)19-17-9-15-5-3-13(52-15)7-11-1-2-12(51-11)8-14-4-6-16(53-14)10-18(20(19)22(32,33)24(36,37)27(43,44)45)54(17)29(49,50)25(38,39)28(46,47)48/h1-10,51H. The first-order valence-electron chi connectivity index (χ1n) is 13.8. The van der Waals surface area contributed by atoms with Crippen molar-refractivity contribution in [1.29, 1.82) is 0 Å². The van der Waals surface area contributed by atoms with Crippen LogP contribution >= 0.6 is 0 Å². The fourth-order valence-corrected chi connectivity index (χ4v) is 5.11. The van der Waals surface area contributed by atoms with Crippen LogP contribution in [-0.2, 0) is 17.9 Å².